The summed E-state index contributed by atoms with van der Waals surface area (Å²) in [7, 11) is 1.63. The van der Waals surface area contributed by atoms with Gasteiger partial charge in [-0.25, -0.2) is 4.39 Å². The maximum atomic E-state index is 13.2. The zero-order valence-electron chi connectivity index (χ0n) is 19.9. The highest BCUT2D eigenvalue weighted by atomic mass is 19.1. The van der Waals surface area contributed by atoms with Crippen molar-refractivity contribution >= 4 is 17.6 Å². The van der Waals surface area contributed by atoms with Crippen LogP contribution >= 0.6 is 0 Å². The van der Waals surface area contributed by atoms with Crippen molar-refractivity contribution in [2.24, 2.45) is 0 Å². The molecule has 1 aliphatic rings. The summed E-state index contributed by atoms with van der Waals surface area (Å²) in [4.78, 5) is 30.3. The topological polar surface area (TPSA) is 78.9 Å². The molecule has 1 aliphatic heterocycles. The summed E-state index contributed by atoms with van der Waals surface area (Å²) in [5.74, 6) is 0.867. The minimum atomic E-state index is -0.336. The van der Waals surface area contributed by atoms with E-state index in [1.54, 1.807) is 24.1 Å². The zero-order valence-corrected chi connectivity index (χ0v) is 19.9. The van der Waals surface area contributed by atoms with Crippen LogP contribution in [0.5, 0.6) is 5.75 Å². The van der Waals surface area contributed by atoms with E-state index < -0.39 is 0 Å². The van der Waals surface area contributed by atoms with E-state index in [0.717, 1.165) is 28.4 Å². The molecule has 3 aromatic rings. The van der Waals surface area contributed by atoms with Crippen molar-refractivity contribution in [3.63, 3.8) is 0 Å². The Morgan fingerprint density at radius 1 is 1.00 bits per heavy atom. The Bertz CT molecular complexity index is 1160. The molecule has 4 rings (SSSR count). The summed E-state index contributed by atoms with van der Waals surface area (Å²) in [6.45, 7) is 3.98. The molecule has 2 aromatic carbocycles. The van der Waals surface area contributed by atoms with Gasteiger partial charge in [-0.3, -0.25) is 9.59 Å². The van der Waals surface area contributed by atoms with E-state index in [4.69, 9.17) is 4.74 Å². The normalized spacial score (nSPS) is 13.5. The lowest BCUT2D eigenvalue weighted by molar-refractivity contribution is -0.140. The number of carbonyl (C=O) groups is 2. The van der Waals surface area contributed by atoms with Gasteiger partial charge in [0.1, 0.15) is 18.1 Å². The van der Waals surface area contributed by atoms with Crippen LogP contribution in [0.3, 0.4) is 0 Å². The number of anilines is 1. The van der Waals surface area contributed by atoms with E-state index in [2.05, 4.69) is 15.1 Å². The monoisotopic (exact) mass is 477 g/mol. The molecular formula is C26H28FN5O3. The van der Waals surface area contributed by atoms with Crippen LogP contribution in [0.1, 0.15) is 12.5 Å². The van der Waals surface area contributed by atoms with E-state index in [1.807, 2.05) is 36.4 Å². The van der Waals surface area contributed by atoms with E-state index in [1.165, 1.54) is 24.0 Å². The van der Waals surface area contributed by atoms with Crippen LogP contribution in [0.25, 0.3) is 11.3 Å². The predicted molar refractivity (Wildman–Crippen MR) is 130 cm³/mol. The fourth-order valence-corrected chi connectivity index (χ4v) is 3.97. The molecule has 0 aliphatic carbocycles. The van der Waals surface area contributed by atoms with Gasteiger partial charge in [-0.05, 0) is 42.0 Å². The number of piperazine rings is 1. The number of hydrogen-bond donors (Lipinski definition) is 0. The summed E-state index contributed by atoms with van der Waals surface area (Å²) < 4.78 is 18.4. The smallest absolute Gasteiger partial charge is 0.242 e. The number of aromatic nitrogens is 2. The molecule has 0 bridgehead atoms. The first kappa shape index (κ1) is 24.1. The molecule has 1 fully saturated rings. The quantitative estimate of drug-likeness (QED) is 0.521. The molecule has 0 unspecified atom stereocenters. The van der Waals surface area contributed by atoms with Gasteiger partial charge in [-0.1, -0.05) is 24.3 Å². The van der Waals surface area contributed by atoms with Gasteiger partial charge in [0, 0.05) is 45.2 Å². The minimum Gasteiger partial charge on any atom is -0.497 e. The van der Waals surface area contributed by atoms with Crippen LogP contribution in [-0.2, 0) is 16.1 Å². The molecule has 8 nitrogen and oxygen atoms in total. The number of hydrogen-bond acceptors (Lipinski definition) is 6. The van der Waals surface area contributed by atoms with E-state index in [9.17, 15) is 14.0 Å². The largest absolute Gasteiger partial charge is 0.497 e. The van der Waals surface area contributed by atoms with Gasteiger partial charge < -0.3 is 19.4 Å². The van der Waals surface area contributed by atoms with Crippen LogP contribution in [-0.4, -0.2) is 71.6 Å². The van der Waals surface area contributed by atoms with Gasteiger partial charge in [0.05, 0.1) is 12.8 Å². The summed E-state index contributed by atoms with van der Waals surface area (Å²) in [5.41, 5.74) is 2.46. The molecule has 2 heterocycles. The van der Waals surface area contributed by atoms with Gasteiger partial charge in [0.25, 0.3) is 0 Å². The third-order valence-corrected chi connectivity index (χ3v) is 6.03. The number of amides is 2. The van der Waals surface area contributed by atoms with Crippen molar-refractivity contribution in [1.82, 2.24) is 20.0 Å². The van der Waals surface area contributed by atoms with Crippen LogP contribution in [0, 0.1) is 5.82 Å². The van der Waals surface area contributed by atoms with Crippen molar-refractivity contribution in [3.05, 3.63) is 72.0 Å². The molecule has 35 heavy (non-hydrogen) atoms. The lowest BCUT2D eigenvalue weighted by Crippen LogP contribution is -2.51. The number of halogens is 1. The maximum Gasteiger partial charge on any atom is 0.242 e. The Balaban J connectivity index is 1.32. The number of methoxy groups -OCH3 is 1. The van der Waals surface area contributed by atoms with E-state index in [-0.39, 0.29) is 30.7 Å². The summed E-state index contributed by atoms with van der Waals surface area (Å²) in [6.07, 6.45) is 0. The van der Waals surface area contributed by atoms with E-state index in [0.29, 0.717) is 26.2 Å². The van der Waals surface area contributed by atoms with Crippen molar-refractivity contribution in [2.75, 3.05) is 44.7 Å². The molecule has 0 atom stereocenters. The van der Waals surface area contributed by atoms with Crippen LogP contribution in [0.15, 0.2) is 60.7 Å². The lowest BCUT2D eigenvalue weighted by atomic mass is 10.1. The summed E-state index contributed by atoms with van der Waals surface area (Å²) in [5, 5.41) is 8.74. The van der Waals surface area contributed by atoms with Gasteiger partial charge in [0.15, 0.2) is 5.82 Å². The third kappa shape index (κ3) is 6.11. The first-order chi connectivity index (χ1) is 16.9. The second-order valence-corrected chi connectivity index (χ2v) is 8.38. The van der Waals surface area contributed by atoms with Gasteiger partial charge in [-0.2, -0.15) is 0 Å². The lowest BCUT2D eigenvalue weighted by Gasteiger charge is -2.36. The maximum absolute atomic E-state index is 13.2. The first-order valence-electron chi connectivity index (χ1n) is 11.4. The van der Waals surface area contributed by atoms with Crippen molar-refractivity contribution < 1.29 is 18.7 Å². The Morgan fingerprint density at radius 2 is 1.74 bits per heavy atom. The van der Waals surface area contributed by atoms with Crippen molar-refractivity contribution in [3.8, 4) is 17.0 Å². The average Bonchev–Trinajstić information content (AvgIpc) is 2.89. The number of carbonyl (C=O) groups excluding carboxylic acids is 2. The molecule has 9 heteroatoms. The highest BCUT2D eigenvalue weighted by Gasteiger charge is 2.24. The Kier molecular flexibility index (Phi) is 7.54. The Hall–Kier alpha value is -4.01. The number of nitrogens with zero attached hydrogens (tertiary/aromatic N) is 5. The molecule has 0 saturated carbocycles. The SMILES string of the molecule is COc1cccc(-c2ccc(N3CCN(C(=O)CN(Cc4ccc(F)cc4)C(C)=O)CC3)nn2)c1. The van der Waals surface area contributed by atoms with Crippen molar-refractivity contribution in [1.29, 1.82) is 0 Å². The molecule has 1 aromatic heterocycles. The van der Waals surface area contributed by atoms with Crippen molar-refractivity contribution in [2.45, 2.75) is 13.5 Å². The molecule has 0 radical (unpaired) electrons. The first-order valence-corrected chi connectivity index (χ1v) is 11.4. The standard InChI is InChI=1S/C26H28FN5O3/c1-19(33)32(17-20-6-8-22(27)9-7-20)18-26(34)31-14-12-30(13-15-31)25-11-10-24(28-29-25)21-4-3-5-23(16-21)35-2/h3-11,16H,12-15,17-18H2,1-2H3. The fourth-order valence-electron chi connectivity index (χ4n) is 3.97. The second-order valence-electron chi connectivity index (χ2n) is 8.38. The third-order valence-electron chi connectivity index (χ3n) is 6.03. The Morgan fingerprint density at radius 3 is 2.37 bits per heavy atom. The summed E-state index contributed by atoms with van der Waals surface area (Å²) in [6, 6.07) is 17.4. The fraction of sp³-hybridized carbons (Fsp3) is 0.308. The zero-order chi connectivity index (χ0) is 24.8. The van der Waals surface area contributed by atoms with Gasteiger partial charge in [-0.15, -0.1) is 10.2 Å². The second kappa shape index (κ2) is 10.9. The average molecular weight is 478 g/mol. The van der Waals surface area contributed by atoms with Crippen LogP contribution < -0.4 is 9.64 Å². The van der Waals surface area contributed by atoms with Crippen LogP contribution in [0.2, 0.25) is 0 Å². The number of ether oxygens (including phenoxy) is 1. The predicted octanol–water partition coefficient (Wildman–Crippen LogP) is 2.99. The van der Waals surface area contributed by atoms with E-state index >= 15 is 0 Å². The summed E-state index contributed by atoms with van der Waals surface area (Å²) >= 11 is 0. The molecule has 0 spiro atoms. The molecule has 2 amide bonds. The number of benzene rings is 2. The molecule has 1 saturated heterocycles. The van der Waals surface area contributed by atoms with Gasteiger partial charge >= 0.3 is 0 Å². The highest BCUT2D eigenvalue weighted by Crippen LogP contribution is 2.23. The highest BCUT2D eigenvalue weighted by molar-refractivity contribution is 5.84. The minimum absolute atomic E-state index is 0.0122. The molecule has 182 valence electrons. The van der Waals surface area contributed by atoms with Crippen LogP contribution in [0.4, 0.5) is 10.2 Å². The van der Waals surface area contributed by atoms with Gasteiger partial charge in [0.2, 0.25) is 11.8 Å². The Labute approximate surface area is 203 Å². The molecule has 0 N–H and O–H groups in total. The molecular weight excluding hydrogens is 449 g/mol. The number of rotatable bonds is 7.